The Balaban J connectivity index is 2.49. The van der Waals surface area contributed by atoms with Gasteiger partial charge in [-0.1, -0.05) is 4.49 Å². The van der Waals surface area contributed by atoms with Crippen LogP contribution >= 0.6 is 27.5 Å². The zero-order valence-corrected chi connectivity index (χ0v) is 11.6. The van der Waals surface area contributed by atoms with Crippen LogP contribution in [0, 0.1) is 6.92 Å². The molecule has 86 valence electrons. The van der Waals surface area contributed by atoms with Gasteiger partial charge >= 0.3 is 0 Å². The molecule has 0 spiro atoms. The summed E-state index contributed by atoms with van der Waals surface area (Å²) in [5, 5.41) is 11.5. The highest BCUT2D eigenvalue weighted by Crippen LogP contribution is 2.30. The molecule has 2 aromatic heterocycles. The minimum Gasteiger partial charge on any atom is -0.307 e. The standard InChI is InChI=1S/C9H12BrN5S/c1-5-9(16-14-13-5)7(11-2)8-6(10)4-12-15(8)3/h4,7,11H,1-3H3. The van der Waals surface area contributed by atoms with Crippen LogP contribution < -0.4 is 5.32 Å². The number of hydrogen-bond donors (Lipinski definition) is 1. The zero-order chi connectivity index (χ0) is 11.7. The molecule has 0 bridgehead atoms. The van der Waals surface area contributed by atoms with Gasteiger partial charge in [-0.05, 0) is 41.4 Å². The second-order valence-electron chi connectivity index (χ2n) is 3.45. The second-order valence-corrected chi connectivity index (χ2v) is 5.09. The van der Waals surface area contributed by atoms with Crippen molar-refractivity contribution in [3.05, 3.63) is 26.9 Å². The van der Waals surface area contributed by atoms with Gasteiger partial charge in [0.15, 0.2) is 0 Å². The van der Waals surface area contributed by atoms with E-state index in [1.807, 2.05) is 25.7 Å². The fourth-order valence-corrected chi connectivity index (χ4v) is 2.98. The maximum atomic E-state index is 4.22. The summed E-state index contributed by atoms with van der Waals surface area (Å²) in [4.78, 5) is 1.12. The molecule has 0 fully saturated rings. The SMILES string of the molecule is CNC(c1snnc1C)c1c(Br)cnn1C. The highest BCUT2D eigenvalue weighted by atomic mass is 79.9. The lowest BCUT2D eigenvalue weighted by Crippen LogP contribution is -2.20. The van der Waals surface area contributed by atoms with Crippen LogP contribution in [0.2, 0.25) is 0 Å². The largest absolute Gasteiger partial charge is 0.307 e. The van der Waals surface area contributed by atoms with E-state index in [0.717, 1.165) is 20.7 Å². The van der Waals surface area contributed by atoms with Crippen molar-refractivity contribution in [3.8, 4) is 0 Å². The van der Waals surface area contributed by atoms with Crippen LogP contribution in [0.25, 0.3) is 0 Å². The van der Waals surface area contributed by atoms with Crippen LogP contribution in [0.1, 0.15) is 22.3 Å². The van der Waals surface area contributed by atoms with Crippen molar-refractivity contribution in [2.45, 2.75) is 13.0 Å². The lowest BCUT2D eigenvalue weighted by molar-refractivity contribution is 0.608. The molecule has 16 heavy (non-hydrogen) atoms. The van der Waals surface area contributed by atoms with Crippen LogP contribution in [0.15, 0.2) is 10.7 Å². The summed E-state index contributed by atoms with van der Waals surface area (Å²) in [6.45, 7) is 1.97. The maximum Gasteiger partial charge on any atom is 0.0886 e. The van der Waals surface area contributed by atoms with E-state index < -0.39 is 0 Å². The molecule has 2 rings (SSSR count). The van der Waals surface area contributed by atoms with Gasteiger partial charge in [-0.25, -0.2) is 0 Å². The third-order valence-electron chi connectivity index (χ3n) is 2.45. The Morgan fingerprint density at radius 1 is 1.56 bits per heavy atom. The number of nitrogens with zero attached hydrogens (tertiary/aromatic N) is 4. The highest BCUT2D eigenvalue weighted by molar-refractivity contribution is 9.10. The number of halogens is 1. The molecule has 0 saturated carbocycles. The van der Waals surface area contributed by atoms with Crippen molar-refractivity contribution in [1.29, 1.82) is 0 Å². The van der Waals surface area contributed by atoms with E-state index in [9.17, 15) is 0 Å². The molecule has 2 heterocycles. The summed E-state index contributed by atoms with van der Waals surface area (Å²) in [5.74, 6) is 0. The molecule has 0 amide bonds. The summed E-state index contributed by atoms with van der Waals surface area (Å²) < 4.78 is 6.81. The van der Waals surface area contributed by atoms with E-state index >= 15 is 0 Å². The number of nitrogens with one attached hydrogen (secondary N) is 1. The molecule has 0 aliphatic rings. The first-order chi connectivity index (χ1) is 7.65. The third-order valence-corrected chi connectivity index (χ3v) is 3.95. The van der Waals surface area contributed by atoms with Gasteiger partial charge in [-0.3, -0.25) is 4.68 Å². The van der Waals surface area contributed by atoms with Crippen LogP contribution in [0.5, 0.6) is 0 Å². The summed E-state index contributed by atoms with van der Waals surface area (Å²) in [6, 6.07) is 0.0712. The minimum absolute atomic E-state index is 0.0712. The van der Waals surface area contributed by atoms with Crippen molar-refractivity contribution < 1.29 is 0 Å². The molecule has 0 radical (unpaired) electrons. The monoisotopic (exact) mass is 301 g/mol. The maximum absolute atomic E-state index is 4.22. The molecular weight excluding hydrogens is 290 g/mol. The first-order valence-corrected chi connectivity index (χ1v) is 6.35. The van der Waals surface area contributed by atoms with E-state index in [4.69, 9.17) is 0 Å². The molecule has 0 aromatic carbocycles. The van der Waals surface area contributed by atoms with E-state index in [-0.39, 0.29) is 6.04 Å². The average Bonchev–Trinajstić information content (AvgIpc) is 2.80. The minimum atomic E-state index is 0.0712. The van der Waals surface area contributed by atoms with Crippen LogP contribution in [-0.2, 0) is 7.05 Å². The van der Waals surface area contributed by atoms with Crippen molar-refractivity contribution >= 4 is 27.5 Å². The molecule has 1 unspecified atom stereocenters. The predicted molar refractivity (Wildman–Crippen MR) is 66.5 cm³/mol. The smallest absolute Gasteiger partial charge is 0.0886 e. The number of rotatable bonds is 3. The van der Waals surface area contributed by atoms with Gasteiger partial charge < -0.3 is 5.32 Å². The van der Waals surface area contributed by atoms with E-state index in [2.05, 4.69) is 35.9 Å². The van der Waals surface area contributed by atoms with Gasteiger partial charge in [-0.2, -0.15) is 5.10 Å². The van der Waals surface area contributed by atoms with Crippen molar-refractivity contribution in [3.63, 3.8) is 0 Å². The topological polar surface area (TPSA) is 55.6 Å². The molecule has 0 aliphatic heterocycles. The molecular formula is C9H12BrN5S. The zero-order valence-electron chi connectivity index (χ0n) is 9.23. The Morgan fingerprint density at radius 3 is 2.75 bits per heavy atom. The van der Waals surface area contributed by atoms with Gasteiger partial charge in [0.05, 0.1) is 33.0 Å². The number of aryl methyl sites for hydroxylation is 2. The molecule has 1 atom stereocenters. The predicted octanol–water partition coefficient (Wildman–Crippen LogP) is 1.65. The van der Waals surface area contributed by atoms with Crippen molar-refractivity contribution in [1.82, 2.24) is 24.7 Å². The normalized spacial score (nSPS) is 13.0. The first-order valence-electron chi connectivity index (χ1n) is 4.78. The van der Waals surface area contributed by atoms with Crippen LogP contribution in [0.3, 0.4) is 0 Å². The number of aromatic nitrogens is 4. The summed E-state index contributed by atoms with van der Waals surface area (Å²) in [6.07, 6.45) is 1.80. The fraction of sp³-hybridized carbons (Fsp3) is 0.444. The van der Waals surface area contributed by atoms with Crippen LogP contribution in [-0.4, -0.2) is 26.4 Å². The van der Waals surface area contributed by atoms with Gasteiger partial charge in [-0.15, -0.1) is 5.10 Å². The lowest BCUT2D eigenvalue weighted by Gasteiger charge is -2.15. The lowest BCUT2D eigenvalue weighted by atomic mass is 10.1. The van der Waals surface area contributed by atoms with Crippen molar-refractivity contribution in [2.24, 2.45) is 7.05 Å². The Bertz CT molecular complexity index is 472. The summed E-state index contributed by atoms with van der Waals surface area (Å²) in [7, 11) is 3.84. The number of hydrogen-bond acceptors (Lipinski definition) is 5. The quantitative estimate of drug-likeness (QED) is 0.937. The van der Waals surface area contributed by atoms with Gasteiger partial charge in [0.2, 0.25) is 0 Å². The Labute approximate surface area is 106 Å². The highest BCUT2D eigenvalue weighted by Gasteiger charge is 2.23. The average molecular weight is 302 g/mol. The molecule has 5 nitrogen and oxygen atoms in total. The van der Waals surface area contributed by atoms with Gasteiger partial charge in [0.25, 0.3) is 0 Å². The van der Waals surface area contributed by atoms with E-state index in [1.54, 1.807) is 6.20 Å². The second kappa shape index (κ2) is 4.60. The molecule has 0 saturated heterocycles. The van der Waals surface area contributed by atoms with Crippen LogP contribution in [0.4, 0.5) is 0 Å². The van der Waals surface area contributed by atoms with E-state index in [1.165, 1.54) is 11.5 Å². The fourth-order valence-electron chi connectivity index (χ4n) is 1.64. The Kier molecular flexibility index (Phi) is 3.36. The third kappa shape index (κ3) is 1.90. The molecule has 1 N–H and O–H groups in total. The summed E-state index contributed by atoms with van der Waals surface area (Å²) in [5.41, 5.74) is 2.04. The van der Waals surface area contributed by atoms with Gasteiger partial charge in [0.1, 0.15) is 0 Å². The first kappa shape index (κ1) is 11.7. The Morgan fingerprint density at radius 2 is 2.31 bits per heavy atom. The molecule has 7 heteroatoms. The molecule has 0 aliphatic carbocycles. The van der Waals surface area contributed by atoms with E-state index in [0.29, 0.717) is 0 Å². The van der Waals surface area contributed by atoms with Crippen molar-refractivity contribution in [2.75, 3.05) is 7.05 Å². The van der Waals surface area contributed by atoms with Gasteiger partial charge in [0, 0.05) is 7.05 Å². The molecule has 2 aromatic rings. The Hall–Kier alpha value is -0.790. The summed E-state index contributed by atoms with van der Waals surface area (Å²) >= 11 is 4.92.